The molecule has 0 unspecified atom stereocenters. The zero-order chi connectivity index (χ0) is 14.0. The van der Waals surface area contributed by atoms with Gasteiger partial charge in [0.25, 0.3) is 5.91 Å². The molecule has 0 spiro atoms. The Bertz CT molecular complexity index is 488. The summed E-state index contributed by atoms with van der Waals surface area (Å²) in [5.41, 5.74) is 6.63. The Morgan fingerprint density at radius 1 is 1.42 bits per heavy atom. The lowest BCUT2D eigenvalue weighted by molar-refractivity contribution is 0.0765. The maximum absolute atomic E-state index is 12.5. The van der Waals surface area contributed by atoms with E-state index in [-0.39, 0.29) is 16.4 Å². The third-order valence-corrected chi connectivity index (χ3v) is 4.76. The van der Waals surface area contributed by atoms with E-state index in [0.29, 0.717) is 11.3 Å². The zero-order valence-electron chi connectivity index (χ0n) is 11.3. The zero-order valence-corrected chi connectivity index (χ0v) is 12.2. The molecule has 104 valence electrons. The molecule has 0 radical (unpaired) electrons. The van der Waals surface area contributed by atoms with E-state index >= 15 is 0 Å². The van der Waals surface area contributed by atoms with Crippen LogP contribution in [0.5, 0.6) is 5.75 Å². The Morgan fingerprint density at radius 3 is 2.89 bits per heavy atom. The van der Waals surface area contributed by atoms with E-state index in [2.05, 4.69) is 13.8 Å². The summed E-state index contributed by atoms with van der Waals surface area (Å²) >= 11 is 1.89. The van der Waals surface area contributed by atoms with Gasteiger partial charge in [-0.05, 0) is 24.6 Å². The van der Waals surface area contributed by atoms with E-state index in [1.807, 2.05) is 16.7 Å². The molecule has 0 aliphatic carbocycles. The third kappa shape index (κ3) is 3.35. The molecule has 1 aromatic carbocycles. The van der Waals surface area contributed by atoms with Crippen molar-refractivity contribution >= 4 is 23.4 Å². The summed E-state index contributed by atoms with van der Waals surface area (Å²) in [5.74, 6) is 0.908. The van der Waals surface area contributed by atoms with Crippen LogP contribution < -0.4 is 5.73 Å². The van der Waals surface area contributed by atoms with Crippen molar-refractivity contribution in [2.75, 3.05) is 24.6 Å². The van der Waals surface area contributed by atoms with Gasteiger partial charge in [-0.15, -0.1) is 0 Å². The number of benzene rings is 1. The second-order valence-electron chi connectivity index (χ2n) is 5.42. The summed E-state index contributed by atoms with van der Waals surface area (Å²) in [7, 11) is 0. The molecule has 0 atom stereocenters. The number of carbonyl (C=O) groups excluding carboxylic acids is 1. The van der Waals surface area contributed by atoms with Crippen molar-refractivity contribution in [3.8, 4) is 5.75 Å². The second kappa shape index (κ2) is 5.33. The van der Waals surface area contributed by atoms with E-state index in [9.17, 15) is 9.90 Å². The molecule has 1 amide bonds. The van der Waals surface area contributed by atoms with Crippen LogP contribution in [-0.2, 0) is 0 Å². The summed E-state index contributed by atoms with van der Waals surface area (Å²) in [6.07, 6.45) is 0.960. The average molecular weight is 280 g/mol. The molecule has 19 heavy (non-hydrogen) atoms. The fraction of sp³-hybridized carbons (Fsp3) is 0.500. The first-order valence-electron chi connectivity index (χ1n) is 6.41. The molecule has 0 aromatic heterocycles. The number of carbonyl (C=O) groups is 1. The quantitative estimate of drug-likeness (QED) is 0.612. The van der Waals surface area contributed by atoms with Crippen LogP contribution in [0.4, 0.5) is 5.69 Å². The Hall–Kier alpha value is -1.36. The molecular weight excluding hydrogens is 260 g/mol. The van der Waals surface area contributed by atoms with E-state index in [4.69, 9.17) is 5.73 Å². The van der Waals surface area contributed by atoms with Crippen molar-refractivity contribution in [2.45, 2.75) is 25.0 Å². The fourth-order valence-electron chi connectivity index (χ4n) is 2.12. The lowest BCUT2D eigenvalue weighted by atomic mass is 10.1. The van der Waals surface area contributed by atoms with Gasteiger partial charge >= 0.3 is 0 Å². The van der Waals surface area contributed by atoms with Crippen molar-refractivity contribution in [3.63, 3.8) is 0 Å². The van der Waals surface area contributed by atoms with Crippen LogP contribution in [0.2, 0.25) is 0 Å². The monoisotopic (exact) mass is 280 g/mol. The SMILES string of the molecule is CC1(C)CCN(C(=O)c2cc(O)ccc2N)CCS1. The summed E-state index contributed by atoms with van der Waals surface area (Å²) < 4.78 is 0.208. The molecular formula is C14H20N2O2S. The highest BCUT2D eigenvalue weighted by atomic mass is 32.2. The Morgan fingerprint density at radius 2 is 2.16 bits per heavy atom. The smallest absolute Gasteiger partial charge is 0.256 e. The van der Waals surface area contributed by atoms with Crippen LogP contribution >= 0.6 is 11.8 Å². The molecule has 2 rings (SSSR count). The van der Waals surface area contributed by atoms with E-state index in [0.717, 1.165) is 25.3 Å². The molecule has 4 nitrogen and oxygen atoms in total. The predicted molar refractivity (Wildman–Crippen MR) is 79.6 cm³/mol. The minimum atomic E-state index is -0.0910. The lowest BCUT2D eigenvalue weighted by Crippen LogP contribution is -2.34. The molecule has 1 fully saturated rings. The average Bonchev–Trinajstić information content (AvgIpc) is 2.52. The molecule has 1 saturated heterocycles. The van der Waals surface area contributed by atoms with Gasteiger partial charge in [0.2, 0.25) is 0 Å². The maximum atomic E-state index is 12.5. The number of hydrogen-bond acceptors (Lipinski definition) is 4. The molecule has 0 saturated carbocycles. The second-order valence-corrected chi connectivity index (χ2v) is 7.22. The van der Waals surface area contributed by atoms with Crippen LogP contribution in [0, 0.1) is 0 Å². The molecule has 1 heterocycles. The van der Waals surface area contributed by atoms with Crippen LogP contribution in [0.3, 0.4) is 0 Å². The summed E-state index contributed by atoms with van der Waals surface area (Å²) in [5, 5.41) is 9.49. The van der Waals surface area contributed by atoms with E-state index in [1.165, 1.54) is 12.1 Å². The van der Waals surface area contributed by atoms with E-state index < -0.39 is 0 Å². The van der Waals surface area contributed by atoms with Gasteiger partial charge < -0.3 is 15.7 Å². The number of rotatable bonds is 1. The number of phenolic OH excluding ortho intramolecular Hbond substituents is 1. The fourth-order valence-corrected chi connectivity index (χ4v) is 3.22. The molecule has 5 heteroatoms. The minimum absolute atomic E-state index is 0.0714. The normalized spacial score (nSPS) is 18.9. The number of thioether (sulfide) groups is 1. The number of anilines is 1. The number of aromatic hydroxyl groups is 1. The Balaban J connectivity index is 2.17. The maximum Gasteiger partial charge on any atom is 0.256 e. The van der Waals surface area contributed by atoms with Gasteiger partial charge in [-0.2, -0.15) is 11.8 Å². The number of amides is 1. The first-order chi connectivity index (χ1) is 8.89. The van der Waals surface area contributed by atoms with Crippen LogP contribution in [0.1, 0.15) is 30.6 Å². The lowest BCUT2D eigenvalue weighted by Gasteiger charge is -2.23. The van der Waals surface area contributed by atoms with Gasteiger partial charge in [-0.1, -0.05) is 13.8 Å². The number of phenols is 1. The Kier molecular flexibility index (Phi) is 3.94. The largest absolute Gasteiger partial charge is 0.508 e. The van der Waals surface area contributed by atoms with Gasteiger partial charge in [-0.3, -0.25) is 4.79 Å². The highest BCUT2D eigenvalue weighted by Crippen LogP contribution is 2.31. The van der Waals surface area contributed by atoms with Crippen molar-refractivity contribution < 1.29 is 9.90 Å². The predicted octanol–water partition coefficient (Wildman–Crippen LogP) is 2.33. The molecule has 3 N–H and O–H groups in total. The Labute approximate surface area is 118 Å². The van der Waals surface area contributed by atoms with Gasteiger partial charge in [0, 0.05) is 29.3 Å². The summed E-state index contributed by atoms with van der Waals surface area (Å²) in [6.45, 7) is 5.86. The van der Waals surface area contributed by atoms with Crippen molar-refractivity contribution in [2.24, 2.45) is 0 Å². The first-order valence-corrected chi connectivity index (χ1v) is 7.39. The third-order valence-electron chi connectivity index (χ3n) is 3.39. The summed E-state index contributed by atoms with van der Waals surface area (Å²) in [6, 6.07) is 4.51. The van der Waals surface area contributed by atoms with E-state index in [1.54, 1.807) is 6.07 Å². The van der Waals surface area contributed by atoms with Gasteiger partial charge in [0.05, 0.1) is 5.56 Å². The molecule has 1 aliphatic rings. The first kappa shape index (κ1) is 14.1. The van der Waals surface area contributed by atoms with Crippen molar-refractivity contribution in [1.82, 2.24) is 4.90 Å². The van der Waals surface area contributed by atoms with Crippen LogP contribution in [0.25, 0.3) is 0 Å². The number of nitrogens with two attached hydrogens (primary N) is 1. The molecule has 1 aliphatic heterocycles. The van der Waals surface area contributed by atoms with Gasteiger partial charge in [-0.25, -0.2) is 0 Å². The standard InChI is InChI=1S/C14H20N2O2S/c1-14(2)5-6-16(7-8-19-14)13(18)11-9-10(17)3-4-12(11)15/h3-4,9,17H,5-8,15H2,1-2H3. The topological polar surface area (TPSA) is 66.6 Å². The van der Waals surface area contributed by atoms with Crippen molar-refractivity contribution in [1.29, 1.82) is 0 Å². The minimum Gasteiger partial charge on any atom is -0.508 e. The van der Waals surface area contributed by atoms with Crippen molar-refractivity contribution in [3.05, 3.63) is 23.8 Å². The highest BCUT2D eigenvalue weighted by Gasteiger charge is 2.27. The van der Waals surface area contributed by atoms with Gasteiger partial charge in [0.1, 0.15) is 5.75 Å². The number of hydrogen-bond donors (Lipinski definition) is 2. The number of nitrogen functional groups attached to an aromatic ring is 1. The summed E-state index contributed by atoms with van der Waals surface area (Å²) in [4.78, 5) is 14.3. The molecule has 0 bridgehead atoms. The van der Waals surface area contributed by atoms with Gasteiger partial charge in [0.15, 0.2) is 0 Å². The van der Waals surface area contributed by atoms with Crippen LogP contribution in [-0.4, -0.2) is 39.5 Å². The molecule has 1 aromatic rings. The highest BCUT2D eigenvalue weighted by molar-refractivity contribution is 8.00. The number of nitrogens with zero attached hydrogens (tertiary/aromatic N) is 1. The van der Waals surface area contributed by atoms with Crippen LogP contribution in [0.15, 0.2) is 18.2 Å².